The van der Waals surface area contributed by atoms with Crippen LogP contribution in [0.1, 0.15) is 12.8 Å². The molecule has 0 unspecified atom stereocenters. The molecule has 2 aromatic rings. The van der Waals surface area contributed by atoms with Gasteiger partial charge in [0.1, 0.15) is 5.75 Å². The third kappa shape index (κ3) is 3.21. The fourth-order valence-electron chi connectivity index (χ4n) is 2.66. The Hall–Kier alpha value is -2.54. The molecule has 3 rings (SSSR count). The van der Waals surface area contributed by atoms with Crippen molar-refractivity contribution < 1.29 is 17.9 Å². The number of carbonyl (C=O) groups is 1. The van der Waals surface area contributed by atoms with Crippen molar-refractivity contribution in [3.8, 4) is 5.75 Å². The van der Waals surface area contributed by atoms with Crippen molar-refractivity contribution in [2.45, 2.75) is 17.7 Å². The second-order valence-electron chi connectivity index (χ2n) is 5.45. The highest BCUT2D eigenvalue weighted by Gasteiger charge is 2.25. The van der Waals surface area contributed by atoms with Crippen LogP contribution >= 0.6 is 0 Å². The minimum atomic E-state index is -3.75. The highest BCUT2D eigenvalue weighted by molar-refractivity contribution is 7.92. The molecule has 0 atom stereocenters. The summed E-state index contributed by atoms with van der Waals surface area (Å²) >= 11 is 0. The molecule has 1 saturated heterocycles. The van der Waals surface area contributed by atoms with E-state index in [0.29, 0.717) is 30.1 Å². The minimum Gasteiger partial charge on any atom is -0.497 e. The van der Waals surface area contributed by atoms with Crippen molar-refractivity contribution in [1.82, 2.24) is 0 Å². The maximum absolute atomic E-state index is 12.6. The summed E-state index contributed by atoms with van der Waals surface area (Å²) in [5, 5.41) is 0. The van der Waals surface area contributed by atoms with Crippen LogP contribution in [-0.4, -0.2) is 28.0 Å². The molecule has 6 nitrogen and oxygen atoms in total. The minimum absolute atomic E-state index is 0.00564. The van der Waals surface area contributed by atoms with Gasteiger partial charge in [0.15, 0.2) is 0 Å². The van der Waals surface area contributed by atoms with Crippen LogP contribution in [-0.2, 0) is 14.8 Å². The summed E-state index contributed by atoms with van der Waals surface area (Å²) in [6, 6.07) is 13.0. The zero-order valence-electron chi connectivity index (χ0n) is 13.2. The van der Waals surface area contributed by atoms with E-state index in [1.807, 2.05) is 0 Å². The second kappa shape index (κ2) is 6.52. The summed E-state index contributed by atoms with van der Waals surface area (Å²) in [4.78, 5) is 13.7. The Morgan fingerprint density at radius 1 is 1.08 bits per heavy atom. The lowest BCUT2D eigenvalue weighted by atomic mass is 10.2. The van der Waals surface area contributed by atoms with E-state index >= 15 is 0 Å². The van der Waals surface area contributed by atoms with Gasteiger partial charge in [-0.2, -0.15) is 0 Å². The normalized spacial score (nSPS) is 14.7. The lowest BCUT2D eigenvalue weighted by Crippen LogP contribution is -2.25. The van der Waals surface area contributed by atoms with E-state index < -0.39 is 10.0 Å². The van der Waals surface area contributed by atoms with Crippen molar-refractivity contribution in [2.75, 3.05) is 23.3 Å². The van der Waals surface area contributed by atoms with Crippen LogP contribution in [0.25, 0.3) is 0 Å². The van der Waals surface area contributed by atoms with E-state index in [4.69, 9.17) is 4.74 Å². The van der Waals surface area contributed by atoms with E-state index in [1.165, 1.54) is 19.2 Å². The number of methoxy groups -OCH3 is 1. The molecule has 0 aromatic heterocycles. The second-order valence-corrected chi connectivity index (χ2v) is 7.13. The van der Waals surface area contributed by atoms with Gasteiger partial charge in [-0.05, 0) is 42.8 Å². The van der Waals surface area contributed by atoms with Gasteiger partial charge in [0.25, 0.3) is 10.0 Å². The molecular formula is C17H18N2O4S. The molecule has 1 aliphatic rings. The molecule has 2 aromatic carbocycles. The first kappa shape index (κ1) is 16.3. The number of nitrogens with zero attached hydrogens (tertiary/aromatic N) is 1. The fraction of sp³-hybridized carbons (Fsp3) is 0.235. The van der Waals surface area contributed by atoms with Gasteiger partial charge < -0.3 is 9.64 Å². The van der Waals surface area contributed by atoms with E-state index in [1.54, 1.807) is 41.3 Å². The van der Waals surface area contributed by atoms with Crippen LogP contribution < -0.4 is 14.4 Å². The Bertz CT molecular complexity index is 847. The summed E-state index contributed by atoms with van der Waals surface area (Å²) in [6.45, 7) is 0.597. The molecule has 0 spiro atoms. The Morgan fingerprint density at radius 3 is 2.42 bits per heavy atom. The average Bonchev–Trinajstić information content (AvgIpc) is 3.01. The Balaban J connectivity index is 1.91. The van der Waals surface area contributed by atoms with Gasteiger partial charge in [-0.1, -0.05) is 12.1 Å². The number of hydrogen-bond acceptors (Lipinski definition) is 4. The number of amides is 1. The molecule has 0 radical (unpaired) electrons. The number of sulfonamides is 1. The molecule has 1 aliphatic heterocycles. The van der Waals surface area contributed by atoms with E-state index in [9.17, 15) is 13.2 Å². The summed E-state index contributed by atoms with van der Waals surface area (Å²) in [6.07, 6.45) is 1.26. The summed E-state index contributed by atoms with van der Waals surface area (Å²) < 4.78 is 32.8. The molecule has 126 valence electrons. The zero-order chi connectivity index (χ0) is 17.2. The number of nitrogens with one attached hydrogen (secondary N) is 1. The van der Waals surface area contributed by atoms with Crippen molar-refractivity contribution in [2.24, 2.45) is 0 Å². The molecule has 0 bridgehead atoms. The van der Waals surface area contributed by atoms with E-state index in [-0.39, 0.29) is 10.8 Å². The number of para-hydroxylation sites is 2. The molecular weight excluding hydrogens is 328 g/mol. The number of benzene rings is 2. The smallest absolute Gasteiger partial charge is 0.261 e. The Morgan fingerprint density at radius 2 is 1.79 bits per heavy atom. The van der Waals surface area contributed by atoms with Gasteiger partial charge in [0, 0.05) is 13.0 Å². The first-order valence-corrected chi connectivity index (χ1v) is 9.06. The molecule has 1 heterocycles. The molecule has 1 amide bonds. The zero-order valence-corrected chi connectivity index (χ0v) is 14.0. The van der Waals surface area contributed by atoms with Gasteiger partial charge in [0.05, 0.1) is 23.4 Å². The molecule has 1 fully saturated rings. The fourth-order valence-corrected chi connectivity index (χ4v) is 3.73. The molecule has 0 saturated carbocycles. The third-order valence-corrected chi connectivity index (χ3v) is 5.26. The average molecular weight is 346 g/mol. The number of hydrogen-bond donors (Lipinski definition) is 1. The van der Waals surface area contributed by atoms with Crippen molar-refractivity contribution in [1.29, 1.82) is 0 Å². The lowest BCUT2D eigenvalue weighted by molar-refractivity contribution is -0.117. The maximum atomic E-state index is 12.6. The van der Waals surface area contributed by atoms with Crippen LogP contribution in [0, 0.1) is 0 Å². The molecule has 7 heteroatoms. The lowest BCUT2D eigenvalue weighted by Gasteiger charge is -2.20. The van der Waals surface area contributed by atoms with Crippen LogP contribution in [0.3, 0.4) is 0 Å². The topological polar surface area (TPSA) is 75.7 Å². The van der Waals surface area contributed by atoms with Gasteiger partial charge in [-0.25, -0.2) is 8.42 Å². The SMILES string of the molecule is COc1ccc(S(=O)(=O)Nc2ccccc2N2CCCC2=O)cc1. The van der Waals surface area contributed by atoms with E-state index in [2.05, 4.69) is 4.72 Å². The maximum Gasteiger partial charge on any atom is 0.261 e. The third-order valence-electron chi connectivity index (χ3n) is 3.88. The van der Waals surface area contributed by atoms with Crippen LogP contribution in [0.15, 0.2) is 53.4 Å². The predicted octanol–water partition coefficient (Wildman–Crippen LogP) is 2.62. The summed E-state index contributed by atoms with van der Waals surface area (Å²) in [7, 11) is -2.23. The quantitative estimate of drug-likeness (QED) is 0.903. The predicted molar refractivity (Wildman–Crippen MR) is 91.8 cm³/mol. The molecule has 0 aliphatic carbocycles. The van der Waals surface area contributed by atoms with Crippen LogP contribution in [0.5, 0.6) is 5.75 Å². The first-order chi connectivity index (χ1) is 11.5. The summed E-state index contributed by atoms with van der Waals surface area (Å²) in [5.74, 6) is 0.586. The Kier molecular flexibility index (Phi) is 4.44. The van der Waals surface area contributed by atoms with Gasteiger partial charge >= 0.3 is 0 Å². The highest BCUT2D eigenvalue weighted by Crippen LogP contribution is 2.31. The summed E-state index contributed by atoms with van der Waals surface area (Å²) in [5.41, 5.74) is 0.973. The van der Waals surface area contributed by atoms with Crippen molar-refractivity contribution in [3.63, 3.8) is 0 Å². The van der Waals surface area contributed by atoms with Crippen LogP contribution in [0.4, 0.5) is 11.4 Å². The monoisotopic (exact) mass is 346 g/mol. The highest BCUT2D eigenvalue weighted by atomic mass is 32.2. The number of ether oxygens (including phenoxy) is 1. The van der Waals surface area contributed by atoms with E-state index in [0.717, 1.165) is 6.42 Å². The van der Waals surface area contributed by atoms with Gasteiger partial charge in [0.2, 0.25) is 5.91 Å². The molecule has 24 heavy (non-hydrogen) atoms. The van der Waals surface area contributed by atoms with Crippen molar-refractivity contribution in [3.05, 3.63) is 48.5 Å². The number of rotatable bonds is 5. The van der Waals surface area contributed by atoms with Gasteiger partial charge in [-0.15, -0.1) is 0 Å². The van der Waals surface area contributed by atoms with Crippen LogP contribution in [0.2, 0.25) is 0 Å². The Labute approximate surface area is 141 Å². The number of anilines is 2. The standard InChI is InChI=1S/C17H18N2O4S/c1-23-13-8-10-14(11-9-13)24(21,22)18-15-5-2-3-6-16(15)19-12-4-7-17(19)20/h2-3,5-6,8-11,18H,4,7,12H2,1H3. The molecule has 1 N–H and O–H groups in total. The first-order valence-electron chi connectivity index (χ1n) is 7.57. The largest absolute Gasteiger partial charge is 0.497 e. The van der Waals surface area contributed by atoms with Crippen molar-refractivity contribution >= 4 is 27.3 Å². The number of carbonyl (C=O) groups excluding carboxylic acids is 1. The van der Waals surface area contributed by atoms with Gasteiger partial charge in [-0.3, -0.25) is 9.52 Å².